The fraction of sp³-hybridized carbons (Fsp3) is 1.00. The molecule has 3 N–H and O–H groups in total. The van der Waals surface area contributed by atoms with Crippen molar-refractivity contribution in [1.82, 2.24) is 0 Å². The van der Waals surface area contributed by atoms with E-state index in [2.05, 4.69) is 6.92 Å². The summed E-state index contributed by atoms with van der Waals surface area (Å²) in [7, 11) is -3.13. The van der Waals surface area contributed by atoms with Crippen molar-refractivity contribution >= 4 is 31.2 Å². The van der Waals surface area contributed by atoms with E-state index in [9.17, 15) is 9.66 Å². The number of aliphatic hydroxyl groups is 1. The highest BCUT2D eigenvalue weighted by molar-refractivity contribution is 7.99. The molecule has 0 spiro atoms. The van der Waals surface area contributed by atoms with Gasteiger partial charge in [0, 0.05) is 5.75 Å². The van der Waals surface area contributed by atoms with Crippen molar-refractivity contribution in [2.45, 2.75) is 116 Å². The SMILES string of the molecule is CCCCCCCCCCCCCCCCCCSCC(CO)OCC[S+](C)[O-].O=[PH](O)O. The molecule has 0 heterocycles. The van der Waals surface area contributed by atoms with Crippen LogP contribution in [0.2, 0.25) is 0 Å². The summed E-state index contributed by atoms with van der Waals surface area (Å²) in [6.07, 6.45) is 24.1. The van der Waals surface area contributed by atoms with E-state index in [1.807, 2.05) is 11.8 Å². The second-order valence-electron chi connectivity index (χ2n) is 8.61. The van der Waals surface area contributed by atoms with E-state index in [0.29, 0.717) is 12.4 Å². The van der Waals surface area contributed by atoms with E-state index < -0.39 is 19.4 Å². The van der Waals surface area contributed by atoms with Gasteiger partial charge in [0.15, 0.2) is 0 Å². The van der Waals surface area contributed by atoms with Gasteiger partial charge in [0.2, 0.25) is 0 Å². The summed E-state index contributed by atoms with van der Waals surface area (Å²) in [5.41, 5.74) is 0. The molecule has 0 radical (unpaired) electrons. The molecule has 0 bridgehead atoms. The normalized spacial score (nSPS) is 13.1. The van der Waals surface area contributed by atoms with Gasteiger partial charge in [-0.3, -0.25) is 4.57 Å². The minimum atomic E-state index is -3.13. The Bertz CT molecular complexity index is 388. The monoisotopic (exact) mass is 532 g/mol. The third-order valence-electron chi connectivity index (χ3n) is 5.37. The number of unbranched alkanes of at least 4 members (excludes halogenated alkanes) is 15. The summed E-state index contributed by atoms with van der Waals surface area (Å²) in [6.45, 7) is 2.82. The maximum absolute atomic E-state index is 11.0. The van der Waals surface area contributed by atoms with E-state index in [0.717, 1.165) is 11.5 Å². The minimum Gasteiger partial charge on any atom is -0.616 e. The Kier molecular flexibility index (Phi) is 33.5. The van der Waals surface area contributed by atoms with Crippen molar-refractivity contribution < 1.29 is 28.7 Å². The first-order valence-corrected chi connectivity index (χ1v) is 17.1. The van der Waals surface area contributed by atoms with Crippen molar-refractivity contribution in [3.63, 3.8) is 0 Å². The highest BCUT2D eigenvalue weighted by Crippen LogP contribution is 2.15. The van der Waals surface area contributed by atoms with Crippen LogP contribution in [0.25, 0.3) is 0 Å². The molecular weight excluding hydrogens is 479 g/mol. The standard InChI is InChI=1S/C24H50O3S2.H3O3P/c1-3-4-5-6-7-8-9-10-11-12-13-14-15-16-17-18-20-28-23-24(22-25)27-19-21-29(2)26;1-4(2)3/h24-25H,3-23H2,1-2H3;4H,(H2,1,2,3). The van der Waals surface area contributed by atoms with Gasteiger partial charge in [-0.25, -0.2) is 0 Å². The molecule has 2 unspecified atom stereocenters. The Morgan fingerprint density at radius 2 is 1.24 bits per heavy atom. The van der Waals surface area contributed by atoms with E-state index in [1.54, 1.807) is 6.26 Å². The van der Waals surface area contributed by atoms with E-state index in [1.165, 1.54) is 103 Å². The minimum absolute atomic E-state index is 0.0578. The van der Waals surface area contributed by atoms with Gasteiger partial charge in [0.1, 0.15) is 5.75 Å². The predicted octanol–water partition coefficient (Wildman–Crippen LogP) is 6.10. The molecule has 0 amide bonds. The van der Waals surface area contributed by atoms with Crippen LogP contribution in [0.3, 0.4) is 0 Å². The topological polar surface area (TPSA) is 110 Å². The average molecular weight is 533 g/mol. The molecule has 0 aliphatic heterocycles. The molecule has 0 saturated heterocycles. The number of thioether (sulfide) groups is 1. The van der Waals surface area contributed by atoms with Gasteiger partial charge in [0.25, 0.3) is 0 Å². The smallest absolute Gasteiger partial charge is 0.314 e. The lowest BCUT2D eigenvalue weighted by atomic mass is 10.0. The molecule has 0 aliphatic rings. The van der Waals surface area contributed by atoms with Crippen LogP contribution in [0.1, 0.15) is 110 Å². The van der Waals surface area contributed by atoms with Gasteiger partial charge in [-0.2, -0.15) is 11.8 Å². The Labute approximate surface area is 212 Å². The largest absolute Gasteiger partial charge is 0.616 e. The molecule has 9 heteroatoms. The van der Waals surface area contributed by atoms with Crippen LogP contribution in [0.5, 0.6) is 0 Å². The lowest BCUT2D eigenvalue weighted by molar-refractivity contribution is 0.0366. The lowest BCUT2D eigenvalue weighted by Gasteiger charge is -2.15. The fourth-order valence-corrected chi connectivity index (χ4v) is 4.82. The molecule has 33 heavy (non-hydrogen) atoms. The first-order chi connectivity index (χ1) is 15.9. The van der Waals surface area contributed by atoms with Crippen LogP contribution in [-0.2, 0) is 20.5 Å². The number of hydrogen-bond acceptors (Lipinski definition) is 5. The highest BCUT2D eigenvalue weighted by Gasteiger charge is 2.09. The highest BCUT2D eigenvalue weighted by atomic mass is 32.2. The van der Waals surface area contributed by atoms with Gasteiger partial charge in [-0.15, -0.1) is 0 Å². The summed E-state index contributed by atoms with van der Waals surface area (Å²) in [5, 5.41) is 9.32. The summed E-state index contributed by atoms with van der Waals surface area (Å²) >= 11 is 1.05. The molecule has 0 aromatic heterocycles. The quantitative estimate of drug-likeness (QED) is 0.0783. The zero-order valence-electron chi connectivity index (χ0n) is 21.3. The van der Waals surface area contributed by atoms with Crippen molar-refractivity contribution in [3.05, 3.63) is 0 Å². The van der Waals surface area contributed by atoms with Crippen LogP contribution >= 0.6 is 20.0 Å². The second-order valence-corrected chi connectivity index (χ2v) is 11.9. The van der Waals surface area contributed by atoms with Crippen molar-refractivity contribution in [2.75, 3.05) is 36.7 Å². The fourth-order valence-electron chi connectivity index (χ4n) is 3.45. The molecule has 0 saturated carbocycles. The third-order valence-corrected chi connectivity index (χ3v) is 7.30. The van der Waals surface area contributed by atoms with Gasteiger partial charge >= 0.3 is 8.25 Å². The molecule has 202 valence electrons. The van der Waals surface area contributed by atoms with E-state index >= 15 is 0 Å². The molecule has 0 fully saturated rings. The van der Waals surface area contributed by atoms with Gasteiger partial charge in [-0.1, -0.05) is 114 Å². The number of ether oxygens (including phenoxy) is 1. The zero-order chi connectivity index (χ0) is 25.0. The summed E-state index contributed by atoms with van der Waals surface area (Å²) in [5.74, 6) is 2.55. The summed E-state index contributed by atoms with van der Waals surface area (Å²) in [4.78, 5) is 14.3. The Hall–Kier alpha value is 0.730. The second kappa shape index (κ2) is 30.8. The number of hydrogen-bond donors (Lipinski definition) is 3. The van der Waals surface area contributed by atoms with Crippen LogP contribution < -0.4 is 0 Å². The van der Waals surface area contributed by atoms with E-state index in [-0.39, 0.29) is 12.7 Å². The number of aliphatic hydroxyl groups excluding tert-OH is 1. The first kappa shape index (κ1) is 35.9. The molecule has 2 atom stereocenters. The van der Waals surface area contributed by atoms with Crippen molar-refractivity contribution in [1.29, 1.82) is 0 Å². The number of rotatable bonds is 24. The maximum Gasteiger partial charge on any atom is 0.314 e. The molecule has 6 nitrogen and oxygen atoms in total. The lowest BCUT2D eigenvalue weighted by Crippen LogP contribution is -2.24. The summed E-state index contributed by atoms with van der Waals surface area (Å²) in [6, 6.07) is 0. The third kappa shape index (κ3) is 37.4. The van der Waals surface area contributed by atoms with Gasteiger partial charge in [-0.05, 0) is 12.2 Å². The molecule has 0 aliphatic carbocycles. The van der Waals surface area contributed by atoms with Crippen LogP contribution in [0.15, 0.2) is 0 Å². The first-order valence-electron chi connectivity index (χ1n) is 13.0. The zero-order valence-corrected chi connectivity index (χ0v) is 23.9. The summed E-state index contributed by atoms with van der Waals surface area (Å²) < 4.78 is 25.3. The Morgan fingerprint density at radius 3 is 1.61 bits per heavy atom. The molecule has 0 aromatic rings. The van der Waals surface area contributed by atoms with Crippen LogP contribution in [0.4, 0.5) is 0 Å². The van der Waals surface area contributed by atoms with Gasteiger partial charge in [0.05, 0.1) is 25.6 Å². The van der Waals surface area contributed by atoms with E-state index in [4.69, 9.17) is 19.1 Å². The maximum atomic E-state index is 11.0. The molecular formula is C24H53O6PS2. The molecule has 0 rings (SSSR count). The Morgan fingerprint density at radius 1 is 0.848 bits per heavy atom. The Balaban J connectivity index is 0. The van der Waals surface area contributed by atoms with Crippen LogP contribution in [-0.4, -0.2) is 62.3 Å². The average Bonchev–Trinajstić information content (AvgIpc) is 2.76. The van der Waals surface area contributed by atoms with Crippen LogP contribution in [0, 0.1) is 0 Å². The van der Waals surface area contributed by atoms with Crippen molar-refractivity contribution in [2.24, 2.45) is 0 Å². The van der Waals surface area contributed by atoms with Gasteiger partial charge < -0.3 is 24.2 Å². The molecule has 0 aromatic carbocycles. The predicted molar refractivity (Wildman–Crippen MR) is 146 cm³/mol. The van der Waals surface area contributed by atoms with Crippen molar-refractivity contribution in [3.8, 4) is 0 Å².